The fourth-order valence-electron chi connectivity index (χ4n) is 2.94. The smallest absolute Gasteiger partial charge is 0.414 e. The van der Waals surface area contributed by atoms with Crippen LogP contribution in [0.3, 0.4) is 0 Å². The second-order valence-electron chi connectivity index (χ2n) is 5.64. The summed E-state index contributed by atoms with van der Waals surface area (Å²) in [4.78, 5) is 26.6. The minimum Gasteiger partial charge on any atom is -0.449 e. The number of carbonyl (C=O) groups is 2. The van der Waals surface area contributed by atoms with Crippen LogP contribution in [0.15, 0.2) is 48.5 Å². The molecule has 3 rings (SSSR count). The van der Waals surface area contributed by atoms with Crippen LogP contribution in [0.5, 0.6) is 0 Å². The van der Waals surface area contributed by atoms with E-state index in [1.807, 2.05) is 43.3 Å². The molecule has 4 heteroatoms. The number of aryl methyl sites for hydroxylation is 1. The number of ketones is 1. The molecule has 1 heterocycles. The van der Waals surface area contributed by atoms with Gasteiger partial charge in [0.1, 0.15) is 0 Å². The van der Waals surface area contributed by atoms with Gasteiger partial charge in [0.15, 0.2) is 5.78 Å². The van der Waals surface area contributed by atoms with E-state index < -0.39 is 6.09 Å². The van der Waals surface area contributed by atoms with Crippen molar-refractivity contribution in [2.75, 3.05) is 11.5 Å². The molecule has 118 valence electrons. The van der Waals surface area contributed by atoms with Crippen molar-refractivity contribution in [2.24, 2.45) is 0 Å². The summed E-state index contributed by atoms with van der Waals surface area (Å²) in [6.45, 7) is 4.08. The van der Waals surface area contributed by atoms with Crippen molar-refractivity contribution in [2.45, 2.75) is 26.3 Å². The second kappa shape index (κ2) is 6.24. The van der Waals surface area contributed by atoms with Gasteiger partial charge in [-0.25, -0.2) is 4.79 Å². The highest BCUT2D eigenvalue weighted by Gasteiger charge is 2.36. The van der Waals surface area contributed by atoms with Gasteiger partial charge in [0.25, 0.3) is 0 Å². The summed E-state index contributed by atoms with van der Waals surface area (Å²) in [6, 6.07) is 14.8. The molecule has 4 nitrogen and oxygen atoms in total. The van der Waals surface area contributed by atoms with Crippen LogP contribution in [0.2, 0.25) is 0 Å². The number of anilines is 1. The summed E-state index contributed by atoms with van der Waals surface area (Å²) in [7, 11) is 0. The first-order valence-electron chi connectivity index (χ1n) is 7.76. The molecule has 1 aliphatic rings. The lowest BCUT2D eigenvalue weighted by molar-refractivity contribution is 0.0963. The molecule has 1 atom stereocenters. The van der Waals surface area contributed by atoms with Gasteiger partial charge in [0, 0.05) is 12.0 Å². The van der Waals surface area contributed by atoms with Crippen LogP contribution in [0, 0.1) is 6.92 Å². The van der Waals surface area contributed by atoms with Crippen molar-refractivity contribution in [3.63, 3.8) is 0 Å². The van der Waals surface area contributed by atoms with E-state index >= 15 is 0 Å². The minimum atomic E-state index is -0.418. The number of hydrogen-bond acceptors (Lipinski definition) is 3. The van der Waals surface area contributed by atoms with Gasteiger partial charge in [-0.2, -0.15) is 0 Å². The first-order valence-corrected chi connectivity index (χ1v) is 7.76. The largest absolute Gasteiger partial charge is 0.449 e. The van der Waals surface area contributed by atoms with E-state index in [1.165, 1.54) is 0 Å². The standard InChI is InChI=1S/C19H19NO3/c1-3-23-19(22)20-16-7-5-4-6-15(16)18(21)12-17(20)14-10-8-13(2)9-11-14/h4-11,17H,3,12H2,1-2H3. The average Bonchev–Trinajstić information content (AvgIpc) is 2.55. The highest BCUT2D eigenvalue weighted by atomic mass is 16.6. The van der Waals surface area contributed by atoms with E-state index in [9.17, 15) is 9.59 Å². The molecule has 23 heavy (non-hydrogen) atoms. The van der Waals surface area contributed by atoms with E-state index in [1.54, 1.807) is 24.0 Å². The summed E-state index contributed by atoms with van der Waals surface area (Å²) in [5, 5.41) is 0. The van der Waals surface area contributed by atoms with Crippen LogP contribution >= 0.6 is 0 Å². The summed E-state index contributed by atoms with van der Waals surface area (Å²) in [6.07, 6.45) is -0.156. The zero-order valence-corrected chi connectivity index (χ0v) is 13.3. The zero-order chi connectivity index (χ0) is 16.4. The third-order valence-corrected chi connectivity index (χ3v) is 4.08. The molecule has 1 aliphatic heterocycles. The molecule has 0 saturated carbocycles. The van der Waals surface area contributed by atoms with E-state index in [2.05, 4.69) is 0 Å². The topological polar surface area (TPSA) is 46.6 Å². The van der Waals surface area contributed by atoms with E-state index in [0.29, 0.717) is 17.9 Å². The number of rotatable bonds is 2. The number of amides is 1. The summed E-state index contributed by atoms with van der Waals surface area (Å²) in [5.74, 6) is 0.0479. The monoisotopic (exact) mass is 309 g/mol. The third kappa shape index (κ3) is 2.84. The van der Waals surface area contributed by atoms with E-state index in [-0.39, 0.29) is 18.2 Å². The minimum absolute atomic E-state index is 0.0479. The lowest BCUT2D eigenvalue weighted by Crippen LogP contribution is -2.40. The molecular formula is C19H19NO3. The number of hydrogen-bond donors (Lipinski definition) is 0. The summed E-state index contributed by atoms with van der Waals surface area (Å²) >= 11 is 0. The summed E-state index contributed by atoms with van der Waals surface area (Å²) in [5.41, 5.74) is 3.27. The van der Waals surface area contributed by atoms with Gasteiger partial charge in [0.2, 0.25) is 0 Å². The second-order valence-corrected chi connectivity index (χ2v) is 5.64. The maximum atomic E-state index is 12.5. The number of Topliss-reactive ketones (excluding diaryl/α,β-unsaturated/α-hetero) is 1. The van der Waals surface area contributed by atoms with Crippen LogP contribution in [-0.4, -0.2) is 18.5 Å². The molecule has 0 bridgehead atoms. The van der Waals surface area contributed by atoms with Gasteiger partial charge < -0.3 is 4.74 Å². The normalized spacial score (nSPS) is 16.9. The van der Waals surface area contributed by atoms with Crippen LogP contribution in [0.4, 0.5) is 10.5 Å². The maximum Gasteiger partial charge on any atom is 0.414 e. The van der Waals surface area contributed by atoms with Gasteiger partial charge in [-0.1, -0.05) is 42.0 Å². The third-order valence-electron chi connectivity index (χ3n) is 4.08. The van der Waals surface area contributed by atoms with Crippen LogP contribution < -0.4 is 4.90 Å². The zero-order valence-electron chi connectivity index (χ0n) is 13.3. The molecule has 0 fully saturated rings. The Balaban J connectivity index is 2.09. The number of fused-ring (bicyclic) bond motifs is 1. The number of benzene rings is 2. The van der Waals surface area contributed by atoms with Crippen LogP contribution in [-0.2, 0) is 4.74 Å². The molecule has 0 saturated heterocycles. The molecule has 0 aromatic heterocycles. The Morgan fingerprint density at radius 1 is 1.17 bits per heavy atom. The van der Waals surface area contributed by atoms with Gasteiger partial charge in [-0.05, 0) is 31.5 Å². The first-order chi connectivity index (χ1) is 11.1. The quantitative estimate of drug-likeness (QED) is 0.831. The molecular weight excluding hydrogens is 290 g/mol. The Bertz CT molecular complexity index is 737. The average molecular weight is 309 g/mol. The Hall–Kier alpha value is -2.62. The maximum absolute atomic E-state index is 12.5. The molecule has 1 unspecified atom stereocenters. The van der Waals surface area contributed by atoms with Crippen LogP contribution in [0.25, 0.3) is 0 Å². The fraction of sp³-hybridized carbons (Fsp3) is 0.263. The molecule has 2 aromatic rings. The van der Waals surface area contributed by atoms with Gasteiger partial charge in [0.05, 0.1) is 18.3 Å². The Morgan fingerprint density at radius 2 is 1.87 bits per heavy atom. The van der Waals surface area contributed by atoms with Crippen molar-refractivity contribution < 1.29 is 14.3 Å². The highest BCUT2D eigenvalue weighted by Crippen LogP contribution is 2.38. The molecule has 1 amide bonds. The predicted octanol–water partition coefficient (Wildman–Crippen LogP) is 4.29. The van der Waals surface area contributed by atoms with E-state index in [4.69, 9.17) is 4.74 Å². The number of ether oxygens (including phenoxy) is 1. The SMILES string of the molecule is CCOC(=O)N1c2ccccc2C(=O)CC1c1ccc(C)cc1. The molecule has 2 aromatic carbocycles. The van der Waals surface area contributed by atoms with Crippen molar-refractivity contribution in [3.05, 3.63) is 65.2 Å². The first kappa shape index (κ1) is 15.3. The Morgan fingerprint density at radius 3 is 2.57 bits per heavy atom. The van der Waals surface area contributed by atoms with Gasteiger partial charge >= 0.3 is 6.09 Å². The molecule has 0 N–H and O–H groups in total. The number of para-hydroxylation sites is 1. The van der Waals surface area contributed by atoms with Crippen molar-refractivity contribution in [1.82, 2.24) is 0 Å². The fourth-order valence-corrected chi connectivity index (χ4v) is 2.94. The highest BCUT2D eigenvalue weighted by molar-refractivity contribution is 6.08. The van der Waals surface area contributed by atoms with E-state index in [0.717, 1.165) is 11.1 Å². The van der Waals surface area contributed by atoms with Gasteiger partial charge in [-0.15, -0.1) is 0 Å². The van der Waals surface area contributed by atoms with Crippen LogP contribution in [0.1, 0.15) is 40.9 Å². The number of carbonyl (C=O) groups excluding carboxylic acids is 2. The van der Waals surface area contributed by atoms with Gasteiger partial charge in [-0.3, -0.25) is 9.69 Å². The summed E-state index contributed by atoms with van der Waals surface area (Å²) < 4.78 is 5.22. The molecule has 0 spiro atoms. The Kier molecular flexibility index (Phi) is 4.15. The Labute approximate surface area is 135 Å². The van der Waals surface area contributed by atoms with Crippen molar-refractivity contribution in [3.8, 4) is 0 Å². The molecule has 0 radical (unpaired) electrons. The van der Waals surface area contributed by atoms with Crippen molar-refractivity contribution in [1.29, 1.82) is 0 Å². The molecule has 0 aliphatic carbocycles. The number of nitrogens with zero attached hydrogens (tertiary/aromatic N) is 1. The predicted molar refractivity (Wildman–Crippen MR) is 88.8 cm³/mol. The lowest BCUT2D eigenvalue weighted by atomic mass is 9.90. The lowest BCUT2D eigenvalue weighted by Gasteiger charge is -2.35. The van der Waals surface area contributed by atoms with Crippen molar-refractivity contribution >= 4 is 17.6 Å².